The molecule has 1 aromatic heterocycles. The first-order valence-electron chi connectivity index (χ1n) is 6.16. The second-order valence-corrected chi connectivity index (χ2v) is 4.66. The number of nitrogens with zero attached hydrogens (tertiary/aromatic N) is 3. The number of nitriles is 1. The van der Waals surface area contributed by atoms with Gasteiger partial charge in [-0.3, -0.25) is 0 Å². The highest BCUT2D eigenvalue weighted by molar-refractivity contribution is 5.55. The predicted octanol–water partition coefficient (Wildman–Crippen LogP) is 1.40. The second-order valence-electron chi connectivity index (χ2n) is 4.66. The average Bonchev–Trinajstić information content (AvgIpc) is 3.19. The standard InChI is InChI=1S/C13H18N4O/c1-17(6-7-18-9-10-2-3-10)13-5-4-11(15)12(8-14)16-13/h4-5,10H,2-3,6-7,9,15H2,1H3. The Balaban J connectivity index is 1.83. The molecule has 1 fully saturated rings. The molecule has 0 spiro atoms. The zero-order valence-corrected chi connectivity index (χ0v) is 10.6. The number of nitrogen functional groups attached to an aromatic ring is 1. The van der Waals surface area contributed by atoms with Crippen molar-refractivity contribution in [2.45, 2.75) is 12.8 Å². The van der Waals surface area contributed by atoms with Crippen molar-refractivity contribution in [3.05, 3.63) is 17.8 Å². The van der Waals surface area contributed by atoms with Gasteiger partial charge in [-0.1, -0.05) is 0 Å². The molecule has 0 unspecified atom stereocenters. The molecule has 2 rings (SSSR count). The van der Waals surface area contributed by atoms with E-state index in [-0.39, 0.29) is 5.69 Å². The Kier molecular flexibility index (Phi) is 4.00. The van der Waals surface area contributed by atoms with Gasteiger partial charge in [-0.25, -0.2) is 4.98 Å². The molecule has 1 aromatic rings. The van der Waals surface area contributed by atoms with Crippen LogP contribution in [0.2, 0.25) is 0 Å². The number of hydrogen-bond acceptors (Lipinski definition) is 5. The third kappa shape index (κ3) is 3.34. The molecule has 1 saturated carbocycles. The summed E-state index contributed by atoms with van der Waals surface area (Å²) in [5.41, 5.74) is 6.33. The van der Waals surface area contributed by atoms with Crippen molar-refractivity contribution in [1.29, 1.82) is 5.26 Å². The number of aromatic nitrogens is 1. The molecule has 96 valence electrons. The zero-order chi connectivity index (χ0) is 13.0. The van der Waals surface area contributed by atoms with Crippen molar-refractivity contribution in [1.82, 2.24) is 4.98 Å². The van der Waals surface area contributed by atoms with Gasteiger partial charge in [-0.05, 0) is 30.9 Å². The Hall–Kier alpha value is -1.80. The molecular weight excluding hydrogens is 228 g/mol. The third-order valence-electron chi connectivity index (χ3n) is 3.03. The van der Waals surface area contributed by atoms with Crippen LogP contribution >= 0.6 is 0 Å². The van der Waals surface area contributed by atoms with E-state index in [0.29, 0.717) is 12.3 Å². The summed E-state index contributed by atoms with van der Waals surface area (Å²) < 4.78 is 5.57. The molecule has 0 radical (unpaired) electrons. The van der Waals surface area contributed by atoms with E-state index in [4.69, 9.17) is 15.7 Å². The summed E-state index contributed by atoms with van der Waals surface area (Å²) in [5.74, 6) is 1.53. The first kappa shape index (κ1) is 12.7. The van der Waals surface area contributed by atoms with Crippen molar-refractivity contribution >= 4 is 11.5 Å². The molecule has 0 saturated heterocycles. The van der Waals surface area contributed by atoms with Crippen LogP contribution in [0.5, 0.6) is 0 Å². The van der Waals surface area contributed by atoms with Crippen LogP contribution < -0.4 is 10.6 Å². The molecule has 1 aliphatic carbocycles. The van der Waals surface area contributed by atoms with Gasteiger partial charge in [0.1, 0.15) is 11.9 Å². The van der Waals surface area contributed by atoms with E-state index in [1.54, 1.807) is 6.07 Å². The van der Waals surface area contributed by atoms with Crippen LogP contribution in [0.1, 0.15) is 18.5 Å². The van der Waals surface area contributed by atoms with Gasteiger partial charge in [0.05, 0.1) is 12.3 Å². The van der Waals surface area contributed by atoms with Crippen molar-refractivity contribution in [3.63, 3.8) is 0 Å². The maximum Gasteiger partial charge on any atom is 0.165 e. The topological polar surface area (TPSA) is 75.2 Å². The van der Waals surface area contributed by atoms with E-state index in [2.05, 4.69) is 4.98 Å². The lowest BCUT2D eigenvalue weighted by Crippen LogP contribution is -2.24. The molecule has 5 heteroatoms. The number of ether oxygens (including phenoxy) is 1. The molecule has 5 nitrogen and oxygen atoms in total. The number of likely N-dealkylation sites (N-methyl/N-ethyl adjacent to an activating group) is 1. The minimum absolute atomic E-state index is 0.276. The molecule has 0 amide bonds. The second kappa shape index (κ2) is 5.69. The van der Waals surface area contributed by atoms with Crippen molar-refractivity contribution in [2.75, 3.05) is 37.4 Å². The fourth-order valence-corrected chi connectivity index (χ4v) is 1.61. The number of anilines is 2. The molecule has 2 N–H and O–H groups in total. The molecule has 0 aromatic carbocycles. The Morgan fingerprint density at radius 1 is 1.56 bits per heavy atom. The van der Waals surface area contributed by atoms with E-state index in [0.717, 1.165) is 24.9 Å². The van der Waals surface area contributed by atoms with Crippen LogP contribution in [-0.2, 0) is 4.74 Å². The molecule has 0 bridgehead atoms. The maximum absolute atomic E-state index is 8.87. The van der Waals surface area contributed by atoms with Crippen LogP contribution in [0.4, 0.5) is 11.5 Å². The van der Waals surface area contributed by atoms with Gasteiger partial charge in [0.25, 0.3) is 0 Å². The van der Waals surface area contributed by atoms with Gasteiger partial charge in [0, 0.05) is 20.2 Å². The first-order valence-corrected chi connectivity index (χ1v) is 6.16. The van der Waals surface area contributed by atoms with Gasteiger partial charge in [-0.2, -0.15) is 5.26 Å². The minimum Gasteiger partial charge on any atom is -0.396 e. The van der Waals surface area contributed by atoms with Crippen molar-refractivity contribution < 1.29 is 4.74 Å². The number of rotatable bonds is 6. The Bertz CT molecular complexity index is 451. The summed E-state index contributed by atoms with van der Waals surface area (Å²) in [7, 11) is 1.93. The lowest BCUT2D eigenvalue weighted by molar-refractivity contribution is 0.131. The summed E-state index contributed by atoms with van der Waals surface area (Å²) in [4.78, 5) is 6.17. The average molecular weight is 246 g/mol. The number of pyridine rings is 1. The van der Waals surface area contributed by atoms with Gasteiger partial charge in [0.15, 0.2) is 5.69 Å². The zero-order valence-electron chi connectivity index (χ0n) is 10.6. The van der Waals surface area contributed by atoms with Crippen molar-refractivity contribution in [3.8, 4) is 6.07 Å². The Labute approximate surface area is 107 Å². The minimum atomic E-state index is 0.276. The van der Waals surface area contributed by atoms with Crippen LogP contribution in [0.15, 0.2) is 12.1 Å². The molecule has 18 heavy (non-hydrogen) atoms. The van der Waals surface area contributed by atoms with Crippen molar-refractivity contribution in [2.24, 2.45) is 5.92 Å². The lowest BCUT2D eigenvalue weighted by atomic mass is 10.3. The van der Waals surface area contributed by atoms with E-state index in [1.165, 1.54) is 12.8 Å². The fourth-order valence-electron chi connectivity index (χ4n) is 1.61. The normalized spacial score (nSPS) is 14.2. The monoisotopic (exact) mass is 246 g/mol. The smallest absolute Gasteiger partial charge is 0.165 e. The molecule has 1 heterocycles. The van der Waals surface area contributed by atoms with Gasteiger partial charge < -0.3 is 15.4 Å². The summed E-state index contributed by atoms with van der Waals surface area (Å²) in [6.45, 7) is 2.31. The summed E-state index contributed by atoms with van der Waals surface area (Å²) in [6.07, 6.45) is 2.61. The van der Waals surface area contributed by atoms with E-state index in [1.807, 2.05) is 24.1 Å². The number of nitrogens with two attached hydrogens (primary N) is 1. The van der Waals surface area contributed by atoms with E-state index >= 15 is 0 Å². The highest BCUT2D eigenvalue weighted by Crippen LogP contribution is 2.28. The van der Waals surface area contributed by atoms with Crippen LogP contribution in [-0.4, -0.2) is 31.8 Å². The predicted molar refractivity (Wildman–Crippen MR) is 70.2 cm³/mol. The van der Waals surface area contributed by atoms with Gasteiger partial charge in [0.2, 0.25) is 0 Å². The summed E-state index contributed by atoms with van der Waals surface area (Å²) in [6, 6.07) is 5.51. The highest BCUT2D eigenvalue weighted by atomic mass is 16.5. The first-order chi connectivity index (χ1) is 8.70. The van der Waals surface area contributed by atoms with E-state index in [9.17, 15) is 0 Å². The van der Waals surface area contributed by atoms with Crippen LogP contribution in [0.25, 0.3) is 0 Å². The molecule has 0 aliphatic heterocycles. The number of hydrogen-bond donors (Lipinski definition) is 1. The molecular formula is C13H18N4O. The molecule has 1 aliphatic rings. The van der Waals surface area contributed by atoms with E-state index < -0.39 is 0 Å². The SMILES string of the molecule is CN(CCOCC1CC1)c1ccc(N)c(C#N)n1. The summed E-state index contributed by atoms with van der Waals surface area (Å²) >= 11 is 0. The van der Waals surface area contributed by atoms with Crippen LogP contribution in [0.3, 0.4) is 0 Å². The largest absolute Gasteiger partial charge is 0.396 e. The Morgan fingerprint density at radius 3 is 3.00 bits per heavy atom. The summed E-state index contributed by atoms with van der Waals surface area (Å²) in [5, 5.41) is 8.87. The quantitative estimate of drug-likeness (QED) is 0.768. The maximum atomic E-state index is 8.87. The Morgan fingerprint density at radius 2 is 2.33 bits per heavy atom. The molecule has 0 atom stereocenters. The van der Waals surface area contributed by atoms with Gasteiger partial charge >= 0.3 is 0 Å². The fraction of sp³-hybridized carbons (Fsp3) is 0.538. The highest BCUT2D eigenvalue weighted by Gasteiger charge is 2.21. The van der Waals surface area contributed by atoms with Crippen LogP contribution in [0, 0.1) is 17.2 Å². The van der Waals surface area contributed by atoms with Gasteiger partial charge in [-0.15, -0.1) is 0 Å². The third-order valence-corrected chi connectivity index (χ3v) is 3.03. The lowest BCUT2D eigenvalue weighted by Gasteiger charge is -2.18.